The summed E-state index contributed by atoms with van der Waals surface area (Å²) in [4.78, 5) is 28.2. The maximum Gasteiger partial charge on any atom is 0.242 e. The van der Waals surface area contributed by atoms with Gasteiger partial charge in [-0.15, -0.1) is 0 Å². The third-order valence-electron chi connectivity index (χ3n) is 6.87. The molecule has 1 atom stereocenters. The lowest BCUT2D eigenvalue weighted by atomic mass is 9.95. The van der Waals surface area contributed by atoms with E-state index in [4.69, 9.17) is 16.3 Å². The summed E-state index contributed by atoms with van der Waals surface area (Å²) in [6.07, 6.45) is 6.79. The van der Waals surface area contributed by atoms with Crippen LogP contribution in [0.25, 0.3) is 0 Å². The molecule has 0 saturated heterocycles. The third kappa shape index (κ3) is 8.63. The molecule has 2 aromatic rings. The van der Waals surface area contributed by atoms with Crippen molar-refractivity contribution in [2.24, 2.45) is 0 Å². The van der Waals surface area contributed by atoms with Crippen molar-refractivity contribution in [3.8, 4) is 5.75 Å². The van der Waals surface area contributed by atoms with Crippen LogP contribution >= 0.6 is 11.6 Å². The Morgan fingerprint density at radius 1 is 1.11 bits per heavy atom. The molecule has 10 heteroatoms. The minimum atomic E-state index is -3.56. The molecular weight excluding hydrogens is 526 g/mol. The number of rotatable bonds is 12. The van der Waals surface area contributed by atoms with Crippen molar-refractivity contribution in [3.63, 3.8) is 0 Å². The van der Waals surface area contributed by atoms with Crippen LogP contribution in [-0.2, 0) is 26.2 Å². The largest absolute Gasteiger partial charge is 0.497 e. The lowest BCUT2D eigenvalue weighted by molar-refractivity contribution is -0.141. The summed E-state index contributed by atoms with van der Waals surface area (Å²) in [5.41, 5.74) is 1.33. The summed E-state index contributed by atoms with van der Waals surface area (Å²) in [5.74, 6) is 0.275. The molecule has 0 radical (unpaired) electrons. The molecule has 38 heavy (non-hydrogen) atoms. The number of carbonyl (C=O) groups excluding carboxylic acids is 2. The molecule has 8 nitrogen and oxygen atoms in total. The Hall–Kier alpha value is -2.78. The van der Waals surface area contributed by atoms with Gasteiger partial charge in [-0.3, -0.25) is 13.9 Å². The maximum atomic E-state index is 13.5. The Labute approximate surface area is 231 Å². The minimum absolute atomic E-state index is 0.0879. The summed E-state index contributed by atoms with van der Waals surface area (Å²) in [6.45, 7) is 2.11. The number of hydrogen-bond donors (Lipinski definition) is 1. The Kier molecular flexibility index (Phi) is 10.8. The van der Waals surface area contributed by atoms with Gasteiger partial charge in [-0.25, -0.2) is 8.42 Å². The van der Waals surface area contributed by atoms with E-state index in [9.17, 15) is 18.0 Å². The molecule has 0 aliphatic heterocycles. The number of methoxy groups -OCH3 is 1. The average Bonchev–Trinajstić information content (AvgIpc) is 2.90. The summed E-state index contributed by atoms with van der Waals surface area (Å²) in [6, 6.07) is 13.4. The first kappa shape index (κ1) is 29.8. The van der Waals surface area contributed by atoms with Gasteiger partial charge in [0.25, 0.3) is 0 Å². The van der Waals surface area contributed by atoms with Gasteiger partial charge in [-0.05, 0) is 68.1 Å². The fraction of sp³-hybridized carbons (Fsp3) is 0.500. The van der Waals surface area contributed by atoms with Crippen LogP contribution in [-0.4, -0.2) is 57.1 Å². The van der Waals surface area contributed by atoms with E-state index in [-0.39, 0.29) is 37.4 Å². The molecule has 1 fully saturated rings. The van der Waals surface area contributed by atoms with E-state index in [0.717, 1.165) is 37.5 Å². The van der Waals surface area contributed by atoms with E-state index in [2.05, 4.69) is 5.32 Å². The van der Waals surface area contributed by atoms with E-state index in [1.54, 1.807) is 43.2 Å². The van der Waals surface area contributed by atoms with Gasteiger partial charge in [0.05, 0.1) is 19.1 Å². The van der Waals surface area contributed by atoms with E-state index in [1.807, 2.05) is 24.3 Å². The molecule has 0 heterocycles. The summed E-state index contributed by atoms with van der Waals surface area (Å²) >= 11 is 5.95. The van der Waals surface area contributed by atoms with Gasteiger partial charge in [0.2, 0.25) is 21.8 Å². The van der Waals surface area contributed by atoms with E-state index >= 15 is 0 Å². The van der Waals surface area contributed by atoms with Crippen molar-refractivity contribution >= 4 is 39.1 Å². The second-order valence-corrected chi connectivity index (χ2v) is 12.2. The molecule has 0 spiro atoms. The number of sulfonamides is 1. The quantitative estimate of drug-likeness (QED) is 0.401. The molecule has 1 N–H and O–H groups in total. The van der Waals surface area contributed by atoms with Crippen LogP contribution in [0.4, 0.5) is 5.69 Å². The number of nitrogens with zero attached hydrogens (tertiary/aromatic N) is 2. The zero-order valence-electron chi connectivity index (χ0n) is 22.4. The number of ether oxygens (including phenoxy) is 1. The lowest BCUT2D eigenvalue weighted by Gasteiger charge is -2.31. The topological polar surface area (TPSA) is 96.0 Å². The molecule has 1 aliphatic rings. The van der Waals surface area contributed by atoms with Gasteiger partial charge < -0.3 is 15.0 Å². The fourth-order valence-corrected chi connectivity index (χ4v) is 5.82. The van der Waals surface area contributed by atoms with Crippen LogP contribution in [0.3, 0.4) is 0 Å². The molecule has 1 saturated carbocycles. The van der Waals surface area contributed by atoms with Crippen LogP contribution in [0.2, 0.25) is 5.02 Å². The first-order valence-corrected chi connectivity index (χ1v) is 15.3. The highest BCUT2D eigenvalue weighted by Crippen LogP contribution is 2.22. The van der Waals surface area contributed by atoms with E-state index < -0.39 is 16.1 Å². The third-order valence-corrected chi connectivity index (χ3v) is 8.32. The summed E-state index contributed by atoms with van der Waals surface area (Å²) in [5, 5.41) is 3.63. The standard InChI is InChI=1S/C28H38ClN3O5S/c1-21(28(34)30-24-10-5-4-6-11-24)31(20-22-9-7-12-26(19-22)37-2)27(33)13-8-18-32(38(3,35)36)25-16-14-23(29)15-17-25/h7,9,12,14-17,19,21,24H,4-6,8,10-11,13,18,20H2,1-3H3,(H,30,34). The molecule has 208 valence electrons. The number of carbonyl (C=O) groups is 2. The second-order valence-electron chi connectivity index (χ2n) is 9.81. The highest BCUT2D eigenvalue weighted by Gasteiger charge is 2.28. The smallest absolute Gasteiger partial charge is 0.242 e. The Bertz CT molecular complexity index is 1180. The molecular formula is C28H38ClN3O5S. The van der Waals surface area contributed by atoms with Gasteiger partial charge in [-0.2, -0.15) is 0 Å². The number of anilines is 1. The molecule has 2 aromatic carbocycles. The number of halogens is 1. The zero-order valence-corrected chi connectivity index (χ0v) is 23.9. The molecule has 1 unspecified atom stereocenters. The van der Waals surface area contributed by atoms with Crippen LogP contribution in [0.5, 0.6) is 5.75 Å². The summed E-state index contributed by atoms with van der Waals surface area (Å²) < 4.78 is 31.5. The van der Waals surface area contributed by atoms with Crippen molar-refractivity contribution in [2.75, 3.05) is 24.2 Å². The zero-order chi connectivity index (χ0) is 27.7. The van der Waals surface area contributed by atoms with Gasteiger partial charge >= 0.3 is 0 Å². The van der Waals surface area contributed by atoms with Crippen molar-refractivity contribution in [3.05, 3.63) is 59.1 Å². The lowest BCUT2D eigenvalue weighted by Crippen LogP contribution is -2.50. The van der Waals surface area contributed by atoms with Gasteiger partial charge in [-0.1, -0.05) is 43.0 Å². The second kappa shape index (κ2) is 13.8. The highest BCUT2D eigenvalue weighted by molar-refractivity contribution is 7.92. The van der Waals surface area contributed by atoms with Crippen molar-refractivity contribution in [2.45, 2.75) is 70.5 Å². The Morgan fingerprint density at radius 3 is 2.42 bits per heavy atom. The molecule has 0 bridgehead atoms. The normalized spacial score (nSPS) is 14.9. The molecule has 3 rings (SSSR count). The van der Waals surface area contributed by atoms with Gasteiger partial charge in [0.15, 0.2) is 0 Å². The van der Waals surface area contributed by atoms with Crippen LogP contribution < -0.4 is 14.4 Å². The fourth-order valence-electron chi connectivity index (χ4n) is 4.73. The Morgan fingerprint density at radius 2 is 1.79 bits per heavy atom. The van der Waals surface area contributed by atoms with Gasteiger partial charge in [0.1, 0.15) is 11.8 Å². The Balaban J connectivity index is 1.72. The molecule has 1 aliphatic carbocycles. The molecule has 0 aromatic heterocycles. The van der Waals surface area contributed by atoms with Crippen LogP contribution in [0.1, 0.15) is 57.4 Å². The number of benzene rings is 2. The first-order valence-electron chi connectivity index (χ1n) is 13.0. The van der Waals surface area contributed by atoms with Crippen LogP contribution in [0.15, 0.2) is 48.5 Å². The van der Waals surface area contributed by atoms with E-state index in [0.29, 0.717) is 22.9 Å². The first-order chi connectivity index (χ1) is 18.1. The maximum absolute atomic E-state index is 13.5. The van der Waals surface area contributed by atoms with Crippen molar-refractivity contribution in [1.82, 2.24) is 10.2 Å². The van der Waals surface area contributed by atoms with Crippen LogP contribution in [0, 0.1) is 0 Å². The predicted octanol–water partition coefficient (Wildman–Crippen LogP) is 4.76. The van der Waals surface area contributed by atoms with Gasteiger partial charge in [0, 0.05) is 30.6 Å². The number of amides is 2. The number of hydrogen-bond acceptors (Lipinski definition) is 5. The SMILES string of the molecule is COc1cccc(CN(C(=O)CCCN(c2ccc(Cl)cc2)S(C)(=O)=O)C(C)C(=O)NC2CCCCC2)c1. The number of nitrogens with one attached hydrogen (secondary N) is 1. The minimum Gasteiger partial charge on any atom is -0.497 e. The van der Waals surface area contributed by atoms with Crippen molar-refractivity contribution in [1.29, 1.82) is 0 Å². The highest BCUT2D eigenvalue weighted by atomic mass is 35.5. The predicted molar refractivity (Wildman–Crippen MR) is 151 cm³/mol. The van der Waals surface area contributed by atoms with E-state index in [1.165, 1.54) is 10.7 Å². The molecule has 2 amide bonds. The average molecular weight is 564 g/mol. The monoisotopic (exact) mass is 563 g/mol. The summed E-state index contributed by atoms with van der Waals surface area (Å²) in [7, 11) is -1.98. The van der Waals surface area contributed by atoms with Crippen molar-refractivity contribution < 1.29 is 22.7 Å².